The molecule has 3 rings (SSSR count). The standard InChI is InChI=1S/C21H30N4O2/c1-14-11-15(2)13-24(12-14)17(4)20(26)22-19-16(3)23(5)25(21(19)27)18-9-7-6-8-10-18/h6-10,14-15,17H,11-13H2,1-5H3,(H,22,26)/t14-,15+,17-/m1/s1. The third-order valence-corrected chi connectivity index (χ3v) is 5.63. The number of rotatable bonds is 4. The highest BCUT2D eigenvalue weighted by atomic mass is 16.2. The number of benzene rings is 1. The first-order valence-corrected chi connectivity index (χ1v) is 9.68. The smallest absolute Gasteiger partial charge is 0.295 e. The molecule has 1 aliphatic rings. The number of nitrogens with zero attached hydrogens (tertiary/aromatic N) is 3. The number of anilines is 1. The van der Waals surface area contributed by atoms with Crippen LogP contribution in [0.15, 0.2) is 35.1 Å². The summed E-state index contributed by atoms with van der Waals surface area (Å²) in [5.74, 6) is 1.04. The largest absolute Gasteiger partial charge is 0.319 e. The summed E-state index contributed by atoms with van der Waals surface area (Å²) < 4.78 is 3.36. The van der Waals surface area contributed by atoms with Gasteiger partial charge in [0.15, 0.2) is 0 Å². The van der Waals surface area contributed by atoms with Crippen molar-refractivity contribution in [1.82, 2.24) is 14.3 Å². The van der Waals surface area contributed by atoms with Crippen molar-refractivity contribution in [3.05, 3.63) is 46.4 Å². The van der Waals surface area contributed by atoms with Gasteiger partial charge < -0.3 is 5.32 Å². The molecule has 27 heavy (non-hydrogen) atoms. The van der Waals surface area contributed by atoms with Gasteiger partial charge in [0.2, 0.25) is 5.91 Å². The van der Waals surface area contributed by atoms with Crippen molar-refractivity contribution in [2.24, 2.45) is 18.9 Å². The zero-order valence-electron chi connectivity index (χ0n) is 16.9. The SMILES string of the molecule is Cc1c(NC(=O)[C@@H](C)N2C[C@H](C)C[C@H](C)C2)c(=O)n(-c2ccccc2)n1C. The Labute approximate surface area is 160 Å². The van der Waals surface area contributed by atoms with Crippen LogP contribution in [0.25, 0.3) is 5.69 Å². The molecule has 146 valence electrons. The molecule has 1 aromatic heterocycles. The number of carbonyl (C=O) groups is 1. The Morgan fingerprint density at radius 3 is 2.33 bits per heavy atom. The van der Waals surface area contributed by atoms with Crippen molar-refractivity contribution >= 4 is 11.6 Å². The summed E-state index contributed by atoms with van der Waals surface area (Å²) >= 11 is 0. The van der Waals surface area contributed by atoms with E-state index in [1.807, 2.05) is 51.2 Å². The van der Waals surface area contributed by atoms with E-state index in [0.717, 1.165) is 24.5 Å². The van der Waals surface area contributed by atoms with E-state index in [2.05, 4.69) is 24.1 Å². The lowest BCUT2D eigenvalue weighted by molar-refractivity contribution is -0.121. The quantitative estimate of drug-likeness (QED) is 0.900. The molecule has 1 saturated heterocycles. The van der Waals surface area contributed by atoms with Gasteiger partial charge in [-0.15, -0.1) is 0 Å². The van der Waals surface area contributed by atoms with Crippen LogP contribution in [-0.4, -0.2) is 39.3 Å². The van der Waals surface area contributed by atoms with Crippen molar-refractivity contribution in [3.63, 3.8) is 0 Å². The number of para-hydroxylation sites is 1. The highest BCUT2D eigenvalue weighted by molar-refractivity contribution is 5.95. The molecule has 1 amide bonds. The second-order valence-electron chi connectivity index (χ2n) is 8.00. The lowest BCUT2D eigenvalue weighted by Gasteiger charge is -2.38. The van der Waals surface area contributed by atoms with Gasteiger partial charge in [0.05, 0.1) is 17.4 Å². The van der Waals surface area contributed by atoms with E-state index in [-0.39, 0.29) is 17.5 Å². The summed E-state index contributed by atoms with van der Waals surface area (Å²) in [7, 11) is 1.83. The van der Waals surface area contributed by atoms with Gasteiger partial charge >= 0.3 is 0 Å². The second kappa shape index (κ2) is 7.72. The Hall–Kier alpha value is -2.34. The first kappa shape index (κ1) is 19.4. The fourth-order valence-corrected chi connectivity index (χ4v) is 4.13. The van der Waals surface area contributed by atoms with Crippen LogP contribution in [-0.2, 0) is 11.8 Å². The van der Waals surface area contributed by atoms with Gasteiger partial charge in [-0.1, -0.05) is 32.0 Å². The fourth-order valence-electron chi connectivity index (χ4n) is 4.13. The average Bonchev–Trinajstić information content (AvgIpc) is 2.84. The Morgan fingerprint density at radius 2 is 1.74 bits per heavy atom. The molecule has 0 radical (unpaired) electrons. The van der Waals surface area contributed by atoms with Crippen LogP contribution in [0.3, 0.4) is 0 Å². The number of aromatic nitrogens is 2. The van der Waals surface area contributed by atoms with Gasteiger partial charge in [0.1, 0.15) is 5.69 Å². The van der Waals surface area contributed by atoms with Crippen LogP contribution in [0.2, 0.25) is 0 Å². The highest BCUT2D eigenvalue weighted by Crippen LogP contribution is 2.23. The molecular weight excluding hydrogens is 340 g/mol. The highest BCUT2D eigenvalue weighted by Gasteiger charge is 2.30. The molecule has 2 aromatic rings. The second-order valence-corrected chi connectivity index (χ2v) is 8.00. The van der Waals surface area contributed by atoms with E-state index in [4.69, 9.17) is 0 Å². The van der Waals surface area contributed by atoms with E-state index in [9.17, 15) is 9.59 Å². The zero-order valence-corrected chi connectivity index (χ0v) is 16.9. The van der Waals surface area contributed by atoms with Gasteiger partial charge in [-0.25, -0.2) is 4.68 Å². The van der Waals surface area contributed by atoms with Crippen molar-refractivity contribution in [3.8, 4) is 5.69 Å². The van der Waals surface area contributed by atoms with E-state index in [1.165, 1.54) is 6.42 Å². The summed E-state index contributed by atoms with van der Waals surface area (Å²) in [5.41, 5.74) is 1.67. The minimum absolute atomic E-state index is 0.123. The predicted molar refractivity (Wildman–Crippen MR) is 108 cm³/mol. The summed E-state index contributed by atoms with van der Waals surface area (Å²) in [5, 5.41) is 2.90. The molecule has 6 heteroatoms. The maximum atomic E-state index is 13.0. The molecule has 6 nitrogen and oxygen atoms in total. The molecule has 0 spiro atoms. The van der Waals surface area contributed by atoms with Crippen LogP contribution in [0.4, 0.5) is 5.69 Å². The minimum Gasteiger partial charge on any atom is -0.319 e. The third kappa shape index (κ3) is 3.86. The lowest BCUT2D eigenvalue weighted by Crippen LogP contribution is -2.49. The molecule has 1 N–H and O–H groups in total. The number of carbonyl (C=O) groups excluding carboxylic acids is 1. The Bertz CT molecular complexity index is 858. The van der Waals surface area contributed by atoms with Gasteiger partial charge in [0.25, 0.3) is 5.56 Å². The maximum absolute atomic E-state index is 13.0. The van der Waals surface area contributed by atoms with Crippen LogP contribution >= 0.6 is 0 Å². The summed E-state index contributed by atoms with van der Waals surface area (Å²) in [6.07, 6.45) is 1.20. The summed E-state index contributed by atoms with van der Waals surface area (Å²) in [6.45, 7) is 10.1. The molecule has 2 heterocycles. The van der Waals surface area contributed by atoms with E-state index >= 15 is 0 Å². The number of hydrogen-bond donors (Lipinski definition) is 1. The predicted octanol–water partition coefficient (Wildman–Crippen LogP) is 2.79. The summed E-state index contributed by atoms with van der Waals surface area (Å²) in [6, 6.07) is 9.19. The normalized spacial score (nSPS) is 21.8. The average molecular weight is 370 g/mol. The molecule has 0 unspecified atom stereocenters. The lowest BCUT2D eigenvalue weighted by atomic mass is 9.91. The number of hydrogen-bond acceptors (Lipinski definition) is 3. The number of piperidine rings is 1. The first-order valence-electron chi connectivity index (χ1n) is 9.68. The Balaban J connectivity index is 1.83. The third-order valence-electron chi connectivity index (χ3n) is 5.63. The molecule has 1 aliphatic heterocycles. The van der Waals surface area contributed by atoms with Gasteiger partial charge in [-0.05, 0) is 44.2 Å². The van der Waals surface area contributed by atoms with Crippen molar-refractivity contribution in [2.75, 3.05) is 18.4 Å². The van der Waals surface area contributed by atoms with E-state index in [0.29, 0.717) is 17.5 Å². The molecular formula is C21H30N4O2. The Morgan fingerprint density at radius 1 is 1.15 bits per heavy atom. The Kier molecular flexibility index (Phi) is 5.56. The molecule has 0 saturated carbocycles. The fraction of sp³-hybridized carbons (Fsp3) is 0.524. The molecule has 1 fully saturated rings. The minimum atomic E-state index is -0.264. The first-order chi connectivity index (χ1) is 12.8. The zero-order chi connectivity index (χ0) is 19.7. The van der Waals surface area contributed by atoms with Crippen LogP contribution in [0, 0.1) is 18.8 Å². The number of likely N-dealkylation sites (tertiary alicyclic amines) is 1. The topological polar surface area (TPSA) is 59.3 Å². The van der Waals surface area contributed by atoms with Crippen LogP contribution < -0.4 is 10.9 Å². The number of nitrogens with one attached hydrogen (secondary N) is 1. The summed E-state index contributed by atoms with van der Waals surface area (Å²) in [4.78, 5) is 28.1. The monoisotopic (exact) mass is 370 g/mol. The van der Waals surface area contributed by atoms with Crippen molar-refractivity contribution in [2.45, 2.75) is 40.2 Å². The van der Waals surface area contributed by atoms with Gasteiger partial charge in [0, 0.05) is 20.1 Å². The van der Waals surface area contributed by atoms with Crippen LogP contribution in [0.1, 0.15) is 32.9 Å². The molecule has 0 aliphatic carbocycles. The van der Waals surface area contributed by atoms with E-state index in [1.54, 1.807) is 9.36 Å². The van der Waals surface area contributed by atoms with Gasteiger partial charge in [-0.2, -0.15) is 0 Å². The molecule has 3 atom stereocenters. The maximum Gasteiger partial charge on any atom is 0.295 e. The van der Waals surface area contributed by atoms with Crippen molar-refractivity contribution in [1.29, 1.82) is 0 Å². The van der Waals surface area contributed by atoms with Crippen molar-refractivity contribution < 1.29 is 4.79 Å². The van der Waals surface area contributed by atoms with Gasteiger partial charge in [-0.3, -0.25) is 19.2 Å². The van der Waals surface area contributed by atoms with E-state index < -0.39 is 0 Å². The number of amides is 1. The molecule has 0 bridgehead atoms. The molecule has 1 aromatic carbocycles. The van der Waals surface area contributed by atoms with Crippen LogP contribution in [0.5, 0.6) is 0 Å².